The summed E-state index contributed by atoms with van der Waals surface area (Å²) in [4.78, 5) is 25.5. The van der Waals surface area contributed by atoms with E-state index in [9.17, 15) is 18.4 Å². The number of methoxy groups -OCH3 is 1. The number of nitrogens with zero attached hydrogens (tertiary/aromatic N) is 1. The Balaban J connectivity index is 1.93. The molecule has 1 aliphatic heterocycles. The van der Waals surface area contributed by atoms with E-state index in [0.717, 1.165) is 31.4 Å². The van der Waals surface area contributed by atoms with Gasteiger partial charge < -0.3 is 10.1 Å². The smallest absolute Gasteiger partial charge is 0.307 e. The lowest BCUT2D eigenvalue weighted by Crippen LogP contribution is -2.45. The number of benzene rings is 1. The maximum atomic E-state index is 13.1. The predicted octanol–water partition coefficient (Wildman–Crippen LogP) is 2.32. The first-order valence-electron chi connectivity index (χ1n) is 7.55. The lowest BCUT2D eigenvalue weighted by molar-refractivity contribution is -0.142. The molecule has 0 saturated carbocycles. The van der Waals surface area contributed by atoms with Gasteiger partial charge >= 0.3 is 5.97 Å². The first kappa shape index (κ1) is 17.3. The fourth-order valence-corrected chi connectivity index (χ4v) is 2.73. The Morgan fingerprint density at radius 3 is 2.78 bits per heavy atom. The van der Waals surface area contributed by atoms with E-state index in [1.165, 1.54) is 13.2 Å². The van der Waals surface area contributed by atoms with Crippen LogP contribution in [0.3, 0.4) is 0 Å². The summed E-state index contributed by atoms with van der Waals surface area (Å²) in [6, 6.07) is 3.17. The molecule has 0 radical (unpaired) electrons. The zero-order chi connectivity index (χ0) is 16.8. The molecule has 1 N–H and O–H groups in total. The number of esters is 1. The standard InChI is InChI=1S/C16H20F2N2O3/c1-23-16(22)9-12-4-2-3-7-20(12)10-15(21)19-11-5-6-13(17)14(18)8-11/h5-6,8,12H,2-4,7,9-10H2,1H3,(H,19,21)/t12-/m0/s1. The number of hydrogen-bond donors (Lipinski definition) is 1. The fourth-order valence-electron chi connectivity index (χ4n) is 2.73. The highest BCUT2D eigenvalue weighted by Gasteiger charge is 2.26. The van der Waals surface area contributed by atoms with Crippen molar-refractivity contribution in [1.29, 1.82) is 0 Å². The molecule has 1 heterocycles. The van der Waals surface area contributed by atoms with Gasteiger partial charge in [-0.05, 0) is 31.5 Å². The highest BCUT2D eigenvalue weighted by Crippen LogP contribution is 2.20. The van der Waals surface area contributed by atoms with Gasteiger partial charge in [0.25, 0.3) is 0 Å². The average molecular weight is 326 g/mol. The van der Waals surface area contributed by atoms with Crippen molar-refractivity contribution in [3.63, 3.8) is 0 Å². The van der Waals surface area contributed by atoms with Crippen LogP contribution in [0.2, 0.25) is 0 Å². The van der Waals surface area contributed by atoms with E-state index in [1.807, 2.05) is 4.90 Å². The molecule has 1 aromatic carbocycles. The minimum Gasteiger partial charge on any atom is -0.469 e. The molecule has 126 valence electrons. The van der Waals surface area contributed by atoms with Gasteiger partial charge in [-0.3, -0.25) is 14.5 Å². The molecule has 1 saturated heterocycles. The number of amides is 1. The Bertz CT molecular complexity index is 580. The largest absolute Gasteiger partial charge is 0.469 e. The summed E-state index contributed by atoms with van der Waals surface area (Å²) < 4.78 is 30.7. The van der Waals surface area contributed by atoms with Gasteiger partial charge in [0.05, 0.1) is 20.1 Å². The number of piperidine rings is 1. The van der Waals surface area contributed by atoms with E-state index >= 15 is 0 Å². The quantitative estimate of drug-likeness (QED) is 0.844. The number of anilines is 1. The van der Waals surface area contributed by atoms with Crippen molar-refractivity contribution in [3.05, 3.63) is 29.8 Å². The normalized spacial score (nSPS) is 18.5. The molecular weight excluding hydrogens is 306 g/mol. The molecule has 5 nitrogen and oxygen atoms in total. The van der Waals surface area contributed by atoms with Gasteiger partial charge in [0.1, 0.15) is 0 Å². The van der Waals surface area contributed by atoms with Gasteiger partial charge in [0, 0.05) is 17.8 Å². The topological polar surface area (TPSA) is 58.6 Å². The molecule has 2 rings (SSSR count). The van der Waals surface area contributed by atoms with E-state index in [-0.39, 0.29) is 36.6 Å². The third kappa shape index (κ3) is 4.99. The van der Waals surface area contributed by atoms with Crippen molar-refractivity contribution in [1.82, 2.24) is 4.90 Å². The molecule has 0 aliphatic carbocycles. The van der Waals surface area contributed by atoms with Crippen LogP contribution in [0.5, 0.6) is 0 Å². The van der Waals surface area contributed by atoms with Gasteiger partial charge in [0.15, 0.2) is 11.6 Å². The Kier molecular flexibility index (Phi) is 6.04. The first-order valence-corrected chi connectivity index (χ1v) is 7.55. The summed E-state index contributed by atoms with van der Waals surface area (Å²) >= 11 is 0. The predicted molar refractivity (Wildman–Crippen MR) is 80.8 cm³/mol. The molecule has 0 spiro atoms. The van der Waals surface area contributed by atoms with Crippen LogP contribution in [0.4, 0.5) is 14.5 Å². The number of carbonyl (C=O) groups is 2. The van der Waals surface area contributed by atoms with Crippen molar-refractivity contribution in [2.24, 2.45) is 0 Å². The summed E-state index contributed by atoms with van der Waals surface area (Å²) in [5.41, 5.74) is 0.204. The number of nitrogens with one attached hydrogen (secondary N) is 1. The second-order valence-electron chi connectivity index (χ2n) is 5.58. The molecule has 1 aliphatic rings. The molecule has 1 fully saturated rings. The lowest BCUT2D eigenvalue weighted by atomic mass is 9.99. The summed E-state index contributed by atoms with van der Waals surface area (Å²) in [7, 11) is 1.34. The van der Waals surface area contributed by atoms with E-state index in [0.29, 0.717) is 6.54 Å². The zero-order valence-electron chi connectivity index (χ0n) is 13.0. The summed E-state index contributed by atoms with van der Waals surface area (Å²) in [6.07, 6.45) is 3.03. The number of rotatable bonds is 5. The Hall–Kier alpha value is -2.02. The maximum Gasteiger partial charge on any atom is 0.307 e. The second-order valence-corrected chi connectivity index (χ2v) is 5.58. The number of likely N-dealkylation sites (tertiary alicyclic amines) is 1. The van der Waals surface area contributed by atoms with Crippen molar-refractivity contribution in [2.45, 2.75) is 31.7 Å². The SMILES string of the molecule is COC(=O)C[C@@H]1CCCCN1CC(=O)Nc1ccc(F)c(F)c1. The molecule has 23 heavy (non-hydrogen) atoms. The Labute approximate surface area is 133 Å². The van der Waals surface area contributed by atoms with Gasteiger partial charge in [-0.15, -0.1) is 0 Å². The monoisotopic (exact) mass is 326 g/mol. The molecule has 7 heteroatoms. The highest BCUT2D eigenvalue weighted by molar-refractivity contribution is 5.92. The van der Waals surface area contributed by atoms with Crippen LogP contribution >= 0.6 is 0 Å². The van der Waals surface area contributed by atoms with Crippen LogP contribution < -0.4 is 5.32 Å². The van der Waals surface area contributed by atoms with Crippen LogP contribution in [0.15, 0.2) is 18.2 Å². The molecule has 0 aromatic heterocycles. The van der Waals surface area contributed by atoms with Gasteiger partial charge in [-0.25, -0.2) is 8.78 Å². The van der Waals surface area contributed by atoms with Gasteiger partial charge in [-0.1, -0.05) is 6.42 Å². The van der Waals surface area contributed by atoms with E-state index in [2.05, 4.69) is 10.1 Å². The van der Waals surface area contributed by atoms with Gasteiger partial charge in [-0.2, -0.15) is 0 Å². The Morgan fingerprint density at radius 1 is 1.30 bits per heavy atom. The lowest BCUT2D eigenvalue weighted by Gasteiger charge is -2.34. The molecule has 1 atom stereocenters. The maximum absolute atomic E-state index is 13.1. The van der Waals surface area contributed by atoms with Gasteiger partial charge in [0.2, 0.25) is 5.91 Å². The molecule has 1 aromatic rings. The van der Waals surface area contributed by atoms with Crippen LogP contribution in [-0.4, -0.2) is 43.0 Å². The van der Waals surface area contributed by atoms with Crippen LogP contribution in [0.1, 0.15) is 25.7 Å². The second kappa shape index (κ2) is 8.01. The van der Waals surface area contributed by atoms with Crippen LogP contribution in [0.25, 0.3) is 0 Å². The minimum absolute atomic E-state index is 0.0353. The molecule has 0 bridgehead atoms. The molecule has 1 amide bonds. The number of carbonyl (C=O) groups excluding carboxylic acids is 2. The van der Waals surface area contributed by atoms with Crippen LogP contribution in [-0.2, 0) is 14.3 Å². The third-order valence-electron chi connectivity index (χ3n) is 3.93. The highest BCUT2D eigenvalue weighted by atomic mass is 19.2. The average Bonchev–Trinajstić information content (AvgIpc) is 2.52. The number of halogens is 2. The number of hydrogen-bond acceptors (Lipinski definition) is 4. The fraction of sp³-hybridized carbons (Fsp3) is 0.500. The summed E-state index contributed by atoms with van der Waals surface area (Å²) in [6.45, 7) is 0.813. The third-order valence-corrected chi connectivity index (χ3v) is 3.93. The van der Waals surface area contributed by atoms with Crippen LogP contribution in [0, 0.1) is 11.6 Å². The van der Waals surface area contributed by atoms with Crippen molar-refractivity contribution >= 4 is 17.6 Å². The van der Waals surface area contributed by atoms with E-state index in [1.54, 1.807) is 0 Å². The van der Waals surface area contributed by atoms with Crippen molar-refractivity contribution < 1.29 is 23.1 Å². The summed E-state index contributed by atoms with van der Waals surface area (Å²) in [5.74, 6) is -2.60. The van der Waals surface area contributed by atoms with Crippen molar-refractivity contribution in [2.75, 3.05) is 25.5 Å². The van der Waals surface area contributed by atoms with E-state index < -0.39 is 11.6 Å². The Morgan fingerprint density at radius 2 is 2.09 bits per heavy atom. The first-order chi connectivity index (χ1) is 11.0. The van der Waals surface area contributed by atoms with E-state index in [4.69, 9.17) is 0 Å². The number of ether oxygens (including phenoxy) is 1. The zero-order valence-corrected chi connectivity index (χ0v) is 13.0. The van der Waals surface area contributed by atoms with Crippen molar-refractivity contribution in [3.8, 4) is 0 Å². The molecular formula is C16H20F2N2O3. The minimum atomic E-state index is -1.01. The molecule has 0 unspecified atom stereocenters. The summed E-state index contributed by atoms with van der Waals surface area (Å²) in [5, 5.41) is 2.54.